The van der Waals surface area contributed by atoms with Gasteiger partial charge in [0.25, 0.3) is 0 Å². The van der Waals surface area contributed by atoms with Gasteiger partial charge in [-0.05, 0) is 46.8 Å². The molecule has 5 nitrogen and oxygen atoms in total. The monoisotopic (exact) mass is 342 g/mol. The van der Waals surface area contributed by atoms with Crippen LogP contribution in [0, 0.1) is 13.8 Å². The van der Waals surface area contributed by atoms with E-state index in [1.807, 2.05) is 20.8 Å². The van der Waals surface area contributed by atoms with E-state index in [1.54, 1.807) is 36.7 Å². The number of rotatable bonds is 3. The summed E-state index contributed by atoms with van der Waals surface area (Å²) in [6.45, 7) is 9.25. The molecule has 1 heterocycles. The summed E-state index contributed by atoms with van der Waals surface area (Å²) in [5.41, 5.74) is 0.639. The number of aromatic nitrogens is 2. The van der Waals surface area contributed by atoms with Crippen molar-refractivity contribution in [3.8, 4) is 5.75 Å². The predicted molar refractivity (Wildman–Crippen MR) is 86.0 cm³/mol. The van der Waals surface area contributed by atoms with Gasteiger partial charge in [0.2, 0.25) is 0 Å². The van der Waals surface area contributed by atoms with Gasteiger partial charge in [0.05, 0.1) is 16.9 Å². The average Bonchev–Trinajstić information content (AvgIpc) is 2.64. The van der Waals surface area contributed by atoms with Crippen LogP contribution in [0.1, 0.15) is 32.2 Å². The highest BCUT2D eigenvalue weighted by Gasteiger charge is 2.30. The Morgan fingerprint density at radius 3 is 2.36 bits per heavy atom. The smallest absolute Gasteiger partial charge is 0.342 e. The van der Waals surface area contributed by atoms with E-state index in [0.29, 0.717) is 16.4 Å². The number of aryl methyl sites for hydroxylation is 1. The van der Waals surface area contributed by atoms with Crippen LogP contribution in [-0.2, 0) is 15.7 Å². The third kappa shape index (κ3) is 3.28. The quantitative estimate of drug-likeness (QED) is 0.798. The maximum absolute atomic E-state index is 12.6. The lowest BCUT2D eigenvalue weighted by Gasteiger charge is -2.21. The summed E-state index contributed by atoms with van der Waals surface area (Å²) in [5, 5.41) is 4.75. The zero-order valence-corrected chi connectivity index (χ0v) is 14.8. The van der Waals surface area contributed by atoms with Crippen LogP contribution in [0.2, 0.25) is 5.02 Å². The minimum atomic E-state index is -3.97. The lowest BCUT2D eigenvalue weighted by Crippen LogP contribution is -2.24. The van der Waals surface area contributed by atoms with Crippen molar-refractivity contribution in [1.82, 2.24) is 9.78 Å². The second-order valence-electron chi connectivity index (χ2n) is 6.08. The molecule has 0 bridgehead atoms. The Morgan fingerprint density at radius 1 is 1.23 bits per heavy atom. The Morgan fingerprint density at radius 2 is 1.86 bits per heavy atom. The number of benzene rings is 1. The summed E-state index contributed by atoms with van der Waals surface area (Å²) >= 11 is 5.85. The number of hydrogen-bond acceptors (Lipinski definition) is 4. The maximum atomic E-state index is 12.6. The molecule has 0 N–H and O–H groups in total. The van der Waals surface area contributed by atoms with Crippen molar-refractivity contribution in [2.45, 2.75) is 45.1 Å². The lowest BCUT2D eigenvalue weighted by molar-refractivity contribution is 0.345. The Kier molecular flexibility index (Phi) is 4.28. The van der Waals surface area contributed by atoms with E-state index in [2.05, 4.69) is 5.10 Å². The summed E-state index contributed by atoms with van der Waals surface area (Å²) in [6, 6.07) is 6.28. The van der Waals surface area contributed by atoms with Gasteiger partial charge in [0.15, 0.2) is 0 Å². The van der Waals surface area contributed by atoms with E-state index in [4.69, 9.17) is 15.8 Å². The molecular weight excluding hydrogens is 324 g/mol. The van der Waals surface area contributed by atoms with Gasteiger partial charge in [-0.3, -0.25) is 4.68 Å². The molecule has 0 amide bonds. The van der Waals surface area contributed by atoms with Crippen molar-refractivity contribution in [2.75, 3.05) is 0 Å². The number of nitrogens with zero attached hydrogens (tertiary/aromatic N) is 2. The predicted octanol–water partition coefficient (Wildman–Crippen LogP) is 3.68. The van der Waals surface area contributed by atoms with E-state index in [0.717, 1.165) is 0 Å². The molecule has 120 valence electrons. The molecule has 2 rings (SSSR count). The van der Waals surface area contributed by atoms with Crippen molar-refractivity contribution in [1.29, 1.82) is 0 Å². The van der Waals surface area contributed by atoms with Gasteiger partial charge in [-0.25, -0.2) is 0 Å². The van der Waals surface area contributed by atoms with E-state index in [1.165, 1.54) is 6.07 Å². The van der Waals surface area contributed by atoms with Gasteiger partial charge in [-0.15, -0.1) is 0 Å². The normalized spacial score (nSPS) is 12.5. The fraction of sp³-hybridized carbons (Fsp3) is 0.400. The van der Waals surface area contributed by atoms with Crippen LogP contribution >= 0.6 is 11.6 Å². The summed E-state index contributed by atoms with van der Waals surface area (Å²) in [4.78, 5) is 0.0994. The molecule has 0 spiro atoms. The van der Waals surface area contributed by atoms with Crippen molar-refractivity contribution in [3.05, 3.63) is 40.7 Å². The van der Waals surface area contributed by atoms with Crippen molar-refractivity contribution >= 4 is 21.7 Å². The average molecular weight is 343 g/mol. The molecule has 22 heavy (non-hydrogen) atoms. The van der Waals surface area contributed by atoms with Gasteiger partial charge in [-0.1, -0.05) is 17.7 Å². The van der Waals surface area contributed by atoms with Gasteiger partial charge < -0.3 is 4.18 Å². The lowest BCUT2D eigenvalue weighted by atomic mass is 10.1. The molecule has 1 aromatic heterocycles. The molecule has 0 saturated carbocycles. The molecule has 0 atom stereocenters. The molecule has 1 aromatic carbocycles. The van der Waals surface area contributed by atoms with Gasteiger partial charge in [-0.2, -0.15) is 13.5 Å². The molecular formula is C15H19ClN2O3S. The molecule has 0 aliphatic carbocycles. The molecule has 0 aliphatic heterocycles. The fourth-order valence-electron chi connectivity index (χ4n) is 2.33. The summed E-state index contributed by atoms with van der Waals surface area (Å²) in [5.74, 6) is 0.176. The molecule has 0 radical (unpaired) electrons. The maximum Gasteiger partial charge on any atom is 0.342 e. The second-order valence-corrected chi connectivity index (χ2v) is 8.00. The first kappa shape index (κ1) is 16.8. The van der Waals surface area contributed by atoms with Crippen LogP contribution in [-0.4, -0.2) is 18.2 Å². The molecule has 0 saturated heterocycles. The van der Waals surface area contributed by atoms with Crippen LogP contribution in [0.4, 0.5) is 0 Å². The largest absolute Gasteiger partial charge is 0.379 e. The van der Waals surface area contributed by atoms with Crippen LogP contribution < -0.4 is 4.18 Å². The highest BCUT2D eigenvalue weighted by Crippen LogP contribution is 2.28. The first-order chi connectivity index (χ1) is 10.0. The topological polar surface area (TPSA) is 61.2 Å². The highest BCUT2D eigenvalue weighted by molar-refractivity contribution is 7.87. The van der Waals surface area contributed by atoms with Gasteiger partial charge in [0.1, 0.15) is 10.6 Å². The van der Waals surface area contributed by atoms with Crippen LogP contribution in [0.5, 0.6) is 5.75 Å². The van der Waals surface area contributed by atoms with Gasteiger partial charge in [0, 0.05) is 11.1 Å². The third-order valence-corrected chi connectivity index (χ3v) is 4.85. The van der Waals surface area contributed by atoms with Crippen molar-refractivity contribution < 1.29 is 12.6 Å². The Labute approximate surface area is 136 Å². The first-order valence-electron chi connectivity index (χ1n) is 6.79. The Hall–Kier alpha value is -1.53. The second kappa shape index (κ2) is 5.59. The minimum absolute atomic E-state index is 0.0994. The summed E-state index contributed by atoms with van der Waals surface area (Å²) < 4.78 is 32.0. The standard InChI is InChI=1S/C15H19ClN2O3S/c1-10-14(11(2)18(17-10)15(3,4)5)22(19,20)21-13-8-6-7-12(16)9-13/h6-9H,1-5H3. The van der Waals surface area contributed by atoms with Crippen molar-refractivity contribution in [2.24, 2.45) is 0 Å². The van der Waals surface area contributed by atoms with E-state index >= 15 is 0 Å². The molecule has 0 aliphatic rings. The van der Waals surface area contributed by atoms with Gasteiger partial charge >= 0.3 is 10.1 Å². The summed E-state index contributed by atoms with van der Waals surface area (Å²) in [6.07, 6.45) is 0. The van der Waals surface area contributed by atoms with Crippen LogP contribution in [0.15, 0.2) is 29.2 Å². The van der Waals surface area contributed by atoms with Crippen LogP contribution in [0.3, 0.4) is 0 Å². The third-order valence-electron chi connectivity index (χ3n) is 3.11. The summed E-state index contributed by atoms with van der Waals surface area (Å²) in [7, 11) is -3.97. The van der Waals surface area contributed by atoms with Crippen molar-refractivity contribution in [3.63, 3.8) is 0 Å². The van der Waals surface area contributed by atoms with E-state index < -0.39 is 10.1 Å². The number of halogens is 1. The van der Waals surface area contributed by atoms with Crippen LogP contribution in [0.25, 0.3) is 0 Å². The number of hydrogen-bond donors (Lipinski definition) is 0. The zero-order chi connectivity index (χ0) is 16.7. The molecule has 2 aromatic rings. The fourth-order valence-corrected chi connectivity index (χ4v) is 3.80. The zero-order valence-electron chi connectivity index (χ0n) is 13.2. The highest BCUT2D eigenvalue weighted by atomic mass is 35.5. The Balaban J connectivity index is 2.49. The first-order valence-corrected chi connectivity index (χ1v) is 8.58. The SMILES string of the molecule is Cc1nn(C(C)(C)C)c(C)c1S(=O)(=O)Oc1cccc(Cl)c1. The molecule has 0 unspecified atom stereocenters. The molecule has 7 heteroatoms. The van der Waals surface area contributed by atoms with E-state index in [9.17, 15) is 8.42 Å². The Bertz CT molecular complexity index is 805. The minimum Gasteiger partial charge on any atom is -0.379 e. The molecule has 0 fully saturated rings. The van der Waals surface area contributed by atoms with E-state index in [-0.39, 0.29) is 16.2 Å².